The first-order valence-electron chi connectivity index (χ1n) is 10.3. The number of hydrogen-bond acceptors (Lipinski definition) is 4. The predicted molar refractivity (Wildman–Crippen MR) is 117 cm³/mol. The van der Waals surface area contributed by atoms with Gasteiger partial charge in [0.2, 0.25) is 5.91 Å². The molecule has 1 heterocycles. The predicted octanol–water partition coefficient (Wildman–Crippen LogP) is 3.35. The van der Waals surface area contributed by atoms with Crippen molar-refractivity contribution in [2.24, 2.45) is 5.92 Å². The molecule has 0 unspecified atom stereocenters. The molecule has 6 nitrogen and oxygen atoms in total. The van der Waals surface area contributed by atoms with E-state index in [4.69, 9.17) is 0 Å². The molecule has 2 aliphatic rings. The first kappa shape index (κ1) is 19.5. The van der Waals surface area contributed by atoms with Gasteiger partial charge in [-0.05, 0) is 68.8 Å². The Morgan fingerprint density at radius 1 is 0.966 bits per heavy atom. The van der Waals surface area contributed by atoms with E-state index < -0.39 is 0 Å². The average Bonchev–Trinajstić information content (AvgIpc) is 3.56. The maximum absolute atomic E-state index is 12.7. The number of hydrogen-bond donors (Lipinski definition) is 2. The molecule has 2 N–H and O–H groups in total. The maximum Gasteiger partial charge on any atom is 0.255 e. The quantitative estimate of drug-likeness (QED) is 0.819. The van der Waals surface area contributed by atoms with E-state index in [0.717, 1.165) is 50.3 Å². The minimum Gasteiger partial charge on any atom is -0.369 e. The summed E-state index contributed by atoms with van der Waals surface area (Å²) in [5.74, 6) is -0.00480. The molecule has 2 aromatic carbocycles. The van der Waals surface area contributed by atoms with Gasteiger partial charge in [-0.15, -0.1) is 0 Å². The molecule has 2 aromatic rings. The molecule has 1 aliphatic carbocycles. The van der Waals surface area contributed by atoms with Crippen LogP contribution in [-0.4, -0.2) is 49.9 Å². The molecule has 1 aliphatic heterocycles. The molecule has 0 aromatic heterocycles. The Morgan fingerprint density at radius 3 is 2.41 bits per heavy atom. The fraction of sp³-hybridized carbons (Fsp3) is 0.391. The van der Waals surface area contributed by atoms with Crippen LogP contribution in [0.3, 0.4) is 0 Å². The lowest BCUT2D eigenvalue weighted by Gasteiger charge is -2.34. The zero-order valence-corrected chi connectivity index (χ0v) is 17.1. The fourth-order valence-corrected chi connectivity index (χ4v) is 3.57. The van der Waals surface area contributed by atoms with Gasteiger partial charge in [-0.2, -0.15) is 0 Å². The van der Waals surface area contributed by atoms with E-state index in [0.29, 0.717) is 11.3 Å². The highest BCUT2D eigenvalue weighted by atomic mass is 16.2. The Bertz CT molecular complexity index is 915. The lowest BCUT2D eigenvalue weighted by Crippen LogP contribution is -2.44. The van der Waals surface area contributed by atoms with Crippen LogP contribution in [-0.2, 0) is 4.79 Å². The molecule has 0 radical (unpaired) electrons. The molecule has 2 amide bonds. The highest BCUT2D eigenvalue weighted by molar-refractivity contribution is 6.06. The van der Waals surface area contributed by atoms with E-state index in [1.54, 1.807) is 18.2 Å². The number of anilines is 3. The second-order valence-electron chi connectivity index (χ2n) is 8.09. The lowest BCUT2D eigenvalue weighted by atomic mass is 10.1. The van der Waals surface area contributed by atoms with Gasteiger partial charge >= 0.3 is 0 Å². The molecular formula is C23H28N4O2. The Kier molecular flexibility index (Phi) is 5.53. The highest BCUT2D eigenvalue weighted by Crippen LogP contribution is 2.30. The van der Waals surface area contributed by atoms with Crippen LogP contribution in [0.2, 0.25) is 0 Å². The third-order valence-electron chi connectivity index (χ3n) is 5.67. The Morgan fingerprint density at radius 2 is 1.72 bits per heavy atom. The van der Waals surface area contributed by atoms with Crippen LogP contribution < -0.4 is 15.5 Å². The molecule has 4 rings (SSSR count). The van der Waals surface area contributed by atoms with Crippen molar-refractivity contribution in [2.75, 3.05) is 48.8 Å². The summed E-state index contributed by atoms with van der Waals surface area (Å²) in [6.07, 6.45) is 1.91. The molecule has 0 atom stereocenters. The summed E-state index contributed by atoms with van der Waals surface area (Å²) in [7, 11) is 2.15. The second kappa shape index (κ2) is 8.25. The number of nitrogens with one attached hydrogen (secondary N) is 2. The summed E-state index contributed by atoms with van der Waals surface area (Å²) in [6.45, 7) is 6.17. The molecule has 2 fully saturated rings. The molecule has 152 valence electrons. The number of aryl methyl sites for hydroxylation is 1. The van der Waals surface area contributed by atoms with E-state index >= 15 is 0 Å². The molecular weight excluding hydrogens is 364 g/mol. The van der Waals surface area contributed by atoms with Gasteiger partial charge in [0, 0.05) is 54.7 Å². The second-order valence-corrected chi connectivity index (χ2v) is 8.09. The van der Waals surface area contributed by atoms with Crippen molar-refractivity contribution < 1.29 is 9.59 Å². The minimum absolute atomic E-state index is 0.0397. The Hall–Kier alpha value is -2.86. The minimum atomic E-state index is -0.178. The number of piperazine rings is 1. The van der Waals surface area contributed by atoms with Gasteiger partial charge in [-0.3, -0.25) is 9.59 Å². The van der Waals surface area contributed by atoms with Crippen molar-refractivity contribution >= 4 is 28.9 Å². The van der Waals surface area contributed by atoms with Crippen molar-refractivity contribution in [3.8, 4) is 0 Å². The van der Waals surface area contributed by atoms with Crippen molar-refractivity contribution in [2.45, 2.75) is 19.8 Å². The third-order valence-corrected chi connectivity index (χ3v) is 5.67. The van der Waals surface area contributed by atoms with Gasteiger partial charge in [0.1, 0.15) is 0 Å². The first-order chi connectivity index (χ1) is 14.0. The monoisotopic (exact) mass is 392 g/mol. The third kappa shape index (κ3) is 4.77. The largest absolute Gasteiger partial charge is 0.369 e. The zero-order valence-electron chi connectivity index (χ0n) is 17.1. The highest BCUT2D eigenvalue weighted by Gasteiger charge is 2.29. The topological polar surface area (TPSA) is 64.7 Å². The molecule has 1 saturated carbocycles. The van der Waals surface area contributed by atoms with Crippen molar-refractivity contribution in [3.05, 3.63) is 53.6 Å². The molecule has 0 bridgehead atoms. The van der Waals surface area contributed by atoms with Crippen LogP contribution in [0.25, 0.3) is 0 Å². The average molecular weight is 393 g/mol. The van der Waals surface area contributed by atoms with E-state index in [1.807, 2.05) is 19.1 Å². The van der Waals surface area contributed by atoms with Crippen LogP contribution in [0.5, 0.6) is 0 Å². The Balaban J connectivity index is 1.42. The molecule has 1 saturated heterocycles. The van der Waals surface area contributed by atoms with Gasteiger partial charge in [0.25, 0.3) is 5.91 Å². The van der Waals surface area contributed by atoms with Crippen LogP contribution in [0.1, 0.15) is 28.8 Å². The normalized spacial score (nSPS) is 17.1. The number of nitrogens with zero attached hydrogens (tertiary/aromatic N) is 2. The number of likely N-dealkylation sites (N-methyl/N-ethyl adjacent to an activating group) is 1. The van der Waals surface area contributed by atoms with Gasteiger partial charge in [-0.1, -0.05) is 6.07 Å². The van der Waals surface area contributed by atoms with Gasteiger partial charge < -0.3 is 20.4 Å². The first-order valence-corrected chi connectivity index (χ1v) is 10.3. The van der Waals surface area contributed by atoms with Crippen molar-refractivity contribution in [1.29, 1.82) is 0 Å². The van der Waals surface area contributed by atoms with Crippen LogP contribution >= 0.6 is 0 Å². The summed E-state index contributed by atoms with van der Waals surface area (Å²) < 4.78 is 0. The van der Waals surface area contributed by atoms with Crippen LogP contribution in [0.15, 0.2) is 42.5 Å². The smallest absolute Gasteiger partial charge is 0.255 e. The Labute approximate surface area is 171 Å². The van der Waals surface area contributed by atoms with Gasteiger partial charge in [0.05, 0.1) is 0 Å². The van der Waals surface area contributed by atoms with Crippen molar-refractivity contribution in [1.82, 2.24) is 4.90 Å². The number of amides is 2. The summed E-state index contributed by atoms with van der Waals surface area (Å²) in [4.78, 5) is 29.4. The standard InChI is InChI=1S/C23H28N4O2/c1-16-14-20(27-12-10-26(2)11-13-27)8-9-21(16)25-23(29)18-4-3-5-19(15-18)24-22(28)17-6-7-17/h3-5,8-9,14-15,17H,6-7,10-13H2,1-2H3,(H,24,28)(H,25,29). The van der Waals surface area contributed by atoms with E-state index in [-0.39, 0.29) is 17.7 Å². The van der Waals surface area contributed by atoms with Crippen LogP contribution in [0.4, 0.5) is 17.1 Å². The zero-order chi connectivity index (χ0) is 20.4. The summed E-state index contributed by atoms with van der Waals surface area (Å²) in [5, 5.41) is 5.89. The number of benzene rings is 2. The van der Waals surface area contributed by atoms with E-state index in [9.17, 15) is 9.59 Å². The van der Waals surface area contributed by atoms with Crippen molar-refractivity contribution in [3.63, 3.8) is 0 Å². The van der Waals surface area contributed by atoms with Crippen LogP contribution in [0, 0.1) is 12.8 Å². The number of carbonyl (C=O) groups is 2. The van der Waals surface area contributed by atoms with E-state index in [1.165, 1.54) is 5.69 Å². The van der Waals surface area contributed by atoms with Gasteiger partial charge in [0.15, 0.2) is 0 Å². The molecule has 29 heavy (non-hydrogen) atoms. The maximum atomic E-state index is 12.7. The molecule has 6 heteroatoms. The SMILES string of the molecule is Cc1cc(N2CCN(C)CC2)ccc1NC(=O)c1cccc(NC(=O)C2CC2)c1. The summed E-state index contributed by atoms with van der Waals surface area (Å²) in [6, 6.07) is 13.3. The van der Waals surface area contributed by atoms with E-state index in [2.05, 4.69) is 39.6 Å². The number of carbonyl (C=O) groups excluding carboxylic acids is 2. The number of rotatable bonds is 5. The fourth-order valence-electron chi connectivity index (χ4n) is 3.57. The summed E-state index contributed by atoms with van der Waals surface area (Å²) >= 11 is 0. The van der Waals surface area contributed by atoms with Gasteiger partial charge in [-0.25, -0.2) is 0 Å². The molecule has 0 spiro atoms. The lowest BCUT2D eigenvalue weighted by molar-refractivity contribution is -0.117. The summed E-state index contributed by atoms with van der Waals surface area (Å²) in [5.41, 5.74) is 4.23.